The Morgan fingerprint density at radius 3 is 1.53 bits per heavy atom. The molecule has 2 atom stereocenters. The SMILES string of the molecule is CCCCCCC(C)OC(=O)c1cc(C(=O)OC(C)CCCCCC)cc(S(=O)(=O)O)c1. The van der Waals surface area contributed by atoms with Crippen molar-refractivity contribution in [1.82, 2.24) is 0 Å². The molecule has 2 unspecified atom stereocenters. The third-order valence-electron chi connectivity index (χ3n) is 5.22. The molecule has 1 N–H and O–H groups in total. The molecule has 8 heteroatoms. The smallest absolute Gasteiger partial charge is 0.338 e. The highest BCUT2D eigenvalue weighted by Crippen LogP contribution is 2.20. The molecule has 0 fully saturated rings. The second-order valence-electron chi connectivity index (χ2n) is 8.35. The van der Waals surface area contributed by atoms with Gasteiger partial charge >= 0.3 is 11.9 Å². The number of unbranched alkanes of at least 4 members (excludes halogenated alkanes) is 6. The van der Waals surface area contributed by atoms with Crippen LogP contribution < -0.4 is 0 Å². The molecule has 0 aromatic heterocycles. The lowest BCUT2D eigenvalue weighted by Crippen LogP contribution is -2.18. The summed E-state index contributed by atoms with van der Waals surface area (Å²) < 4.78 is 43.7. The third kappa shape index (κ3) is 10.6. The number of carbonyl (C=O) groups is 2. The second kappa shape index (κ2) is 14.3. The minimum Gasteiger partial charge on any atom is -0.459 e. The lowest BCUT2D eigenvalue weighted by atomic mass is 10.1. The van der Waals surface area contributed by atoms with Gasteiger partial charge in [0.05, 0.1) is 28.2 Å². The van der Waals surface area contributed by atoms with Crippen LogP contribution in [-0.4, -0.2) is 37.1 Å². The van der Waals surface area contributed by atoms with Gasteiger partial charge in [-0.1, -0.05) is 52.4 Å². The van der Waals surface area contributed by atoms with Crippen molar-refractivity contribution < 1.29 is 32.0 Å². The van der Waals surface area contributed by atoms with Gasteiger partial charge in [-0.15, -0.1) is 0 Å². The van der Waals surface area contributed by atoms with Gasteiger partial charge in [-0.3, -0.25) is 4.55 Å². The quantitative estimate of drug-likeness (QED) is 0.191. The maximum atomic E-state index is 12.6. The first-order valence-electron chi connectivity index (χ1n) is 11.6. The zero-order chi connectivity index (χ0) is 24.1. The maximum Gasteiger partial charge on any atom is 0.338 e. The summed E-state index contributed by atoms with van der Waals surface area (Å²) in [6, 6.07) is 3.26. The van der Waals surface area contributed by atoms with E-state index in [1.807, 2.05) is 0 Å². The van der Waals surface area contributed by atoms with Gasteiger partial charge in [0, 0.05) is 0 Å². The Morgan fingerprint density at radius 2 is 1.19 bits per heavy atom. The summed E-state index contributed by atoms with van der Waals surface area (Å²) in [5.74, 6) is -1.50. The van der Waals surface area contributed by atoms with E-state index >= 15 is 0 Å². The van der Waals surface area contributed by atoms with Gasteiger partial charge in [0.1, 0.15) is 0 Å². The highest BCUT2D eigenvalue weighted by molar-refractivity contribution is 7.85. The van der Waals surface area contributed by atoms with Crippen LogP contribution in [0.25, 0.3) is 0 Å². The van der Waals surface area contributed by atoms with E-state index in [1.165, 1.54) is 6.07 Å². The highest BCUT2D eigenvalue weighted by atomic mass is 32.2. The number of carbonyl (C=O) groups excluding carboxylic acids is 2. The van der Waals surface area contributed by atoms with E-state index in [1.54, 1.807) is 13.8 Å². The van der Waals surface area contributed by atoms with Crippen LogP contribution in [0.1, 0.15) is 113 Å². The van der Waals surface area contributed by atoms with E-state index in [0.717, 1.165) is 63.5 Å². The van der Waals surface area contributed by atoms with Crippen molar-refractivity contribution >= 4 is 22.1 Å². The van der Waals surface area contributed by atoms with Crippen LogP contribution in [0, 0.1) is 0 Å². The van der Waals surface area contributed by atoms with Crippen molar-refractivity contribution in [2.75, 3.05) is 0 Å². The summed E-state index contributed by atoms with van der Waals surface area (Å²) in [6.07, 6.45) is 9.02. The van der Waals surface area contributed by atoms with Crippen molar-refractivity contribution in [2.45, 2.75) is 109 Å². The molecule has 0 radical (unpaired) electrons. The molecule has 0 bridgehead atoms. The Balaban J connectivity index is 2.91. The summed E-state index contributed by atoms with van der Waals surface area (Å²) in [7, 11) is -4.63. The summed E-state index contributed by atoms with van der Waals surface area (Å²) in [5, 5.41) is 0. The molecule has 182 valence electrons. The lowest BCUT2D eigenvalue weighted by Gasteiger charge is -2.15. The van der Waals surface area contributed by atoms with Gasteiger partial charge in [0.25, 0.3) is 10.1 Å². The number of rotatable bonds is 15. The first kappa shape index (κ1) is 28.1. The van der Waals surface area contributed by atoms with Gasteiger partial charge in [-0.2, -0.15) is 8.42 Å². The van der Waals surface area contributed by atoms with Crippen LogP contribution in [0.2, 0.25) is 0 Å². The zero-order valence-electron chi connectivity index (χ0n) is 19.8. The van der Waals surface area contributed by atoms with Gasteiger partial charge in [-0.05, 0) is 57.7 Å². The first-order valence-corrected chi connectivity index (χ1v) is 13.1. The number of hydrogen-bond donors (Lipinski definition) is 1. The fraction of sp³-hybridized carbons (Fsp3) is 0.667. The predicted molar refractivity (Wildman–Crippen MR) is 124 cm³/mol. The molecule has 0 spiro atoms. The van der Waals surface area contributed by atoms with Crippen LogP contribution in [0.5, 0.6) is 0 Å². The van der Waals surface area contributed by atoms with Crippen LogP contribution in [0.3, 0.4) is 0 Å². The summed E-state index contributed by atoms with van der Waals surface area (Å²) >= 11 is 0. The van der Waals surface area contributed by atoms with E-state index in [4.69, 9.17) is 9.47 Å². The van der Waals surface area contributed by atoms with Gasteiger partial charge in [0.2, 0.25) is 0 Å². The molecule has 0 heterocycles. The number of hydrogen-bond acceptors (Lipinski definition) is 6. The molecular formula is C24H38O7S. The van der Waals surface area contributed by atoms with E-state index in [-0.39, 0.29) is 23.3 Å². The van der Waals surface area contributed by atoms with Crippen molar-refractivity contribution in [3.05, 3.63) is 29.3 Å². The molecule has 0 amide bonds. The van der Waals surface area contributed by atoms with Crippen LogP contribution in [0.4, 0.5) is 0 Å². The van der Waals surface area contributed by atoms with E-state index in [0.29, 0.717) is 12.8 Å². The molecule has 1 aromatic carbocycles. The number of benzene rings is 1. The Kier molecular flexibility index (Phi) is 12.5. The highest BCUT2D eigenvalue weighted by Gasteiger charge is 2.22. The summed E-state index contributed by atoms with van der Waals surface area (Å²) in [4.78, 5) is 24.6. The molecule has 0 saturated heterocycles. The zero-order valence-corrected chi connectivity index (χ0v) is 20.6. The molecule has 32 heavy (non-hydrogen) atoms. The summed E-state index contributed by atoms with van der Waals surface area (Å²) in [5.41, 5.74) is -0.244. The maximum absolute atomic E-state index is 12.6. The van der Waals surface area contributed by atoms with Crippen LogP contribution in [0.15, 0.2) is 23.1 Å². The predicted octanol–water partition coefficient (Wildman–Crippen LogP) is 5.96. The van der Waals surface area contributed by atoms with Gasteiger partial charge in [0.15, 0.2) is 0 Å². The average molecular weight is 471 g/mol. The lowest BCUT2D eigenvalue weighted by molar-refractivity contribution is 0.0318. The molecule has 0 aliphatic rings. The summed E-state index contributed by atoms with van der Waals surface area (Å²) in [6.45, 7) is 7.76. The van der Waals surface area contributed by atoms with Crippen LogP contribution >= 0.6 is 0 Å². The van der Waals surface area contributed by atoms with E-state index < -0.39 is 27.0 Å². The monoisotopic (exact) mass is 470 g/mol. The Labute approximate surface area is 192 Å². The van der Waals surface area contributed by atoms with Crippen LogP contribution in [-0.2, 0) is 19.6 Å². The van der Waals surface area contributed by atoms with Crippen molar-refractivity contribution in [3.8, 4) is 0 Å². The average Bonchev–Trinajstić information content (AvgIpc) is 2.73. The largest absolute Gasteiger partial charge is 0.459 e. The third-order valence-corrected chi connectivity index (χ3v) is 6.05. The molecular weight excluding hydrogens is 432 g/mol. The van der Waals surface area contributed by atoms with E-state index in [9.17, 15) is 22.6 Å². The number of esters is 2. The van der Waals surface area contributed by atoms with Crippen molar-refractivity contribution in [3.63, 3.8) is 0 Å². The Morgan fingerprint density at radius 1 is 0.781 bits per heavy atom. The Bertz CT molecular complexity index is 782. The minimum absolute atomic E-state index is 0.122. The van der Waals surface area contributed by atoms with Crippen molar-refractivity contribution in [1.29, 1.82) is 0 Å². The molecule has 0 saturated carbocycles. The van der Waals surface area contributed by atoms with Crippen molar-refractivity contribution in [2.24, 2.45) is 0 Å². The van der Waals surface area contributed by atoms with Gasteiger partial charge < -0.3 is 9.47 Å². The molecule has 0 aliphatic heterocycles. The second-order valence-corrected chi connectivity index (χ2v) is 9.77. The topological polar surface area (TPSA) is 107 Å². The number of ether oxygens (including phenoxy) is 2. The fourth-order valence-corrected chi connectivity index (χ4v) is 3.87. The molecule has 0 aliphatic carbocycles. The normalized spacial score (nSPS) is 13.4. The molecule has 1 rings (SSSR count). The van der Waals surface area contributed by atoms with E-state index in [2.05, 4.69) is 13.8 Å². The first-order chi connectivity index (χ1) is 15.1. The fourth-order valence-electron chi connectivity index (χ4n) is 3.32. The van der Waals surface area contributed by atoms with Gasteiger partial charge in [-0.25, -0.2) is 9.59 Å². The minimum atomic E-state index is -4.63. The standard InChI is InChI=1S/C24H38O7S/c1-5-7-9-11-13-18(3)30-23(25)20-15-21(17-22(16-20)32(27,28)29)24(26)31-19(4)14-12-10-8-6-2/h15-19H,5-14H2,1-4H3,(H,27,28,29). The molecule has 1 aromatic rings. The Hall–Kier alpha value is -1.93. The molecule has 7 nitrogen and oxygen atoms in total.